The lowest BCUT2D eigenvalue weighted by atomic mass is 9.86. The molecule has 1 aromatic carbocycles. The van der Waals surface area contributed by atoms with Gasteiger partial charge in [0.2, 0.25) is 11.8 Å². The van der Waals surface area contributed by atoms with Crippen molar-refractivity contribution in [2.45, 2.75) is 57.0 Å². The first-order valence-corrected chi connectivity index (χ1v) is 19.4. The summed E-state index contributed by atoms with van der Waals surface area (Å²) in [6, 6.07) is 6.29. The number of para-hydroxylation sites is 1. The van der Waals surface area contributed by atoms with Gasteiger partial charge in [0.05, 0.1) is 40.5 Å². The Morgan fingerprint density at radius 1 is 1.09 bits per heavy atom. The number of hydrogen-bond donors (Lipinski definition) is 4. The largest absolute Gasteiger partial charge is 0.404 e. The lowest BCUT2D eigenvalue weighted by molar-refractivity contribution is -0.135. The van der Waals surface area contributed by atoms with Crippen LogP contribution in [0.4, 0.5) is 14.6 Å². The number of alkyl halides is 2. The molecule has 3 aliphatic rings. The van der Waals surface area contributed by atoms with Gasteiger partial charge in [0.1, 0.15) is 17.6 Å². The van der Waals surface area contributed by atoms with E-state index in [-0.39, 0.29) is 47.6 Å². The number of nitrogens with one attached hydrogen (secondary N) is 2. The number of imidazole rings is 1. The van der Waals surface area contributed by atoms with Crippen LogP contribution in [0.25, 0.3) is 16.6 Å². The van der Waals surface area contributed by atoms with Gasteiger partial charge >= 0.3 is 5.69 Å². The van der Waals surface area contributed by atoms with Crippen LogP contribution >= 0.6 is 0 Å². The lowest BCUT2D eigenvalue weighted by Crippen LogP contribution is -2.48. The number of nitrogens with two attached hydrogens (primary N) is 2. The van der Waals surface area contributed by atoms with E-state index in [1.165, 1.54) is 21.5 Å². The van der Waals surface area contributed by atoms with Crippen LogP contribution in [-0.4, -0.2) is 119 Å². The number of amides is 3. The van der Waals surface area contributed by atoms with Crippen molar-refractivity contribution in [1.82, 2.24) is 39.5 Å². The Morgan fingerprint density at radius 3 is 2.48 bits per heavy atom. The van der Waals surface area contributed by atoms with Crippen LogP contribution in [-0.2, 0) is 21.4 Å². The monoisotopic (exact) mass is 800 g/mol. The highest BCUT2D eigenvalue weighted by molar-refractivity contribution is 6.19. The first-order valence-electron chi connectivity index (χ1n) is 19.4. The molecule has 3 fully saturated rings. The Labute approximate surface area is 335 Å². The number of carbonyl (C=O) groups excluding carboxylic acids is 3. The lowest BCUT2D eigenvalue weighted by Gasteiger charge is -2.37. The molecule has 2 aromatic heterocycles. The van der Waals surface area contributed by atoms with Crippen LogP contribution in [0.5, 0.6) is 0 Å². The van der Waals surface area contributed by atoms with E-state index in [0.29, 0.717) is 34.9 Å². The highest BCUT2D eigenvalue weighted by atomic mass is 19.3. The maximum absolute atomic E-state index is 13.7. The number of piperazine rings is 1. The molecule has 0 bridgehead atoms. The van der Waals surface area contributed by atoms with Crippen molar-refractivity contribution in [3.05, 3.63) is 69.9 Å². The molecule has 58 heavy (non-hydrogen) atoms. The van der Waals surface area contributed by atoms with Gasteiger partial charge in [0.25, 0.3) is 12.3 Å². The molecule has 6 N–H and O–H groups in total. The summed E-state index contributed by atoms with van der Waals surface area (Å²) >= 11 is 0. The van der Waals surface area contributed by atoms with Gasteiger partial charge in [-0.2, -0.15) is 0 Å². The number of nitrogens with zero attached hydrogens (tertiary/aromatic N) is 8. The smallest absolute Gasteiger partial charge is 0.329 e. The molecule has 4 heterocycles. The maximum atomic E-state index is 13.7. The fraction of sp³-hybridized carbons (Fsp3) is 0.475. The maximum Gasteiger partial charge on any atom is 0.329 e. The van der Waals surface area contributed by atoms with Crippen LogP contribution in [0.2, 0.25) is 0 Å². The normalized spacial score (nSPS) is 21.5. The number of halogens is 2. The Kier molecular flexibility index (Phi) is 13.3. The Hall–Kier alpha value is -5.93. The van der Waals surface area contributed by atoms with E-state index >= 15 is 0 Å². The zero-order valence-electron chi connectivity index (χ0n) is 33.0. The molecule has 1 aliphatic carbocycles. The molecule has 6 rings (SSSR count). The summed E-state index contributed by atoms with van der Waals surface area (Å²) < 4.78 is 30.4. The van der Waals surface area contributed by atoms with E-state index in [9.17, 15) is 28.0 Å². The van der Waals surface area contributed by atoms with Gasteiger partial charge in [0, 0.05) is 78.9 Å². The van der Waals surface area contributed by atoms with E-state index in [2.05, 4.69) is 47.2 Å². The SMILES string of the molecule is CN(C)c1ccnc(C(=CN)C(=O)NC(C=NC2CCC(CN3CCN(CC#Cc4cccc5c4n(C)c(=O)n5C4CCC(=O)NC4=O)CC3)CC2)=C(N)C(F)F)n1. The molecule has 1 unspecified atom stereocenters. The van der Waals surface area contributed by atoms with Crippen molar-refractivity contribution >= 4 is 46.4 Å². The molecule has 16 nitrogen and oxygen atoms in total. The number of fused-ring (bicyclic) bond motifs is 1. The van der Waals surface area contributed by atoms with E-state index in [4.69, 9.17) is 11.5 Å². The minimum absolute atomic E-state index is 0.0352. The minimum atomic E-state index is -3.01. The van der Waals surface area contributed by atoms with Crippen LogP contribution in [0.1, 0.15) is 56.0 Å². The standard InChI is InChI=1S/C40H50F2N12O4/c1-50(2)32-15-16-45-37(48-32)28(22-43)38(56)47-29(34(44)36(41)42)23-46-27-11-9-25(10-12-27)24-53-20-18-52(19-21-53)17-5-7-26-6-4-8-30-35(26)51(3)40(58)54(30)31-13-14-33(55)49-39(31)57/h4,6,8,15-16,22-23,25,27,31,36H,9-14,17-21,24,43-44H2,1-3H3,(H,47,56)(H,49,55,57). The predicted octanol–water partition coefficient (Wildman–Crippen LogP) is 1.32. The third-order valence-electron chi connectivity index (χ3n) is 10.9. The second-order valence-corrected chi connectivity index (χ2v) is 15.0. The van der Waals surface area contributed by atoms with E-state index < -0.39 is 30.0 Å². The highest BCUT2D eigenvalue weighted by Gasteiger charge is 2.32. The van der Waals surface area contributed by atoms with Crippen LogP contribution in [0.15, 0.2) is 57.8 Å². The minimum Gasteiger partial charge on any atom is -0.404 e. The molecule has 0 radical (unpaired) electrons. The number of aromatic nitrogens is 4. The molecular weight excluding hydrogens is 751 g/mol. The van der Waals surface area contributed by atoms with Crippen LogP contribution < -0.4 is 32.7 Å². The molecule has 2 saturated heterocycles. The number of anilines is 1. The molecule has 18 heteroatoms. The van der Waals surface area contributed by atoms with Crippen molar-refractivity contribution < 1.29 is 23.2 Å². The number of rotatable bonds is 11. The highest BCUT2D eigenvalue weighted by Crippen LogP contribution is 2.28. The fourth-order valence-corrected chi connectivity index (χ4v) is 7.63. The van der Waals surface area contributed by atoms with E-state index in [1.807, 2.05) is 12.1 Å². The molecule has 1 saturated carbocycles. The van der Waals surface area contributed by atoms with E-state index in [0.717, 1.165) is 64.6 Å². The summed E-state index contributed by atoms with van der Waals surface area (Å²) in [5.41, 5.74) is 11.9. The van der Waals surface area contributed by atoms with Crippen molar-refractivity contribution in [2.75, 3.05) is 58.3 Å². The third kappa shape index (κ3) is 9.60. The van der Waals surface area contributed by atoms with Crippen molar-refractivity contribution in [3.8, 4) is 11.8 Å². The van der Waals surface area contributed by atoms with Crippen molar-refractivity contribution in [3.63, 3.8) is 0 Å². The zero-order valence-corrected chi connectivity index (χ0v) is 33.0. The number of imide groups is 1. The van der Waals surface area contributed by atoms with E-state index in [1.54, 1.807) is 38.2 Å². The summed E-state index contributed by atoms with van der Waals surface area (Å²) in [4.78, 5) is 70.1. The first-order chi connectivity index (χ1) is 27.8. The fourth-order valence-electron chi connectivity index (χ4n) is 7.63. The summed E-state index contributed by atoms with van der Waals surface area (Å²) in [6.45, 7) is 5.07. The van der Waals surface area contributed by atoms with Gasteiger partial charge in [-0.25, -0.2) is 23.5 Å². The van der Waals surface area contributed by atoms with Crippen molar-refractivity contribution in [2.24, 2.45) is 29.4 Å². The predicted molar refractivity (Wildman–Crippen MR) is 216 cm³/mol. The average Bonchev–Trinajstić information content (AvgIpc) is 3.46. The molecule has 2 aliphatic heterocycles. The molecule has 0 spiro atoms. The summed E-state index contributed by atoms with van der Waals surface area (Å²) in [6.07, 6.45) is 4.57. The zero-order chi connectivity index (χ0) is 41.5. The third-order valence-corrected chi connectivity index (χ3v) is 10.9. The molecule has 308 valence electrons. The second-order valence-electron chi connectivity index (χ2n) is 15.0. The van der Waals surface area contributed by atoms with Crippen molar-refractivity contribution in [1.29, 1.82) is 0 Å². The van der Waals surface area contributed by atoms with Gasteiger partial charge in [0.15, 0.2) is 5.82 Å². The number of aliphatic imine (C=N–C) groups is 1. The molecule has 1 atom stereocenters. The summed E-state index contributed by atoms with van der Waals surface area (Å²) in [5, 5.41) is 4.78. The molecule has 3 aromatic rings. The number of carbonyl (C=O) groups is 3. The number of allylic oxidation sites excluding steroid dienone is 2. The molecule has 3 amide bonds. The van der Waals surface area contributed by atoms with Crippen LogP contribution in [0, 0.1) is 17.8 Å². The number of hydrogen-bond acceptors (Lipinski definition) is 12. The Balaban J connectivity index is 0.982. The van der Waals surface area contributed by atoms with Gasteiger partial charge < -0.3 is 26.6 Å². The Bertz CT molecular complexity index is 2240. The second kappa shape index (κ2) is 18.6. The first kappa shape index (κ1) is 41.7. The topological polar surface area (TPSA) is 202 Å². The van der Waals surface area contributed by atoms with Gasteiger partial charge in [-0.3, -0.25) is 38.7 Å². The van der Waals surface area contributed by atoms with Gasteiger partial charge in [-0.15, -0.1) is 0 Å². The van der Waals surface area contributed by atoms with Crippen LogP contribution in [0.3, 0.4) is 0 Å². The summed E-state index contributed by atoms with van der Waals surface area (Å²) in [7, 11) is 5.22. The summed E-state index contributed by atoms with van der Waals surface area (Å²) in [5.74, 6) is 5.99. The number of benzene rings is 1. The average molecular weight is 801 g/mol. The van der Waals surface area contributed by atoms with Gasteiger partial charge in [-0.1, -0.05) is 17.9 Å². The Morgan fingerprint density at radius 2 is 1.81 bits per heavy atom. The van der Waals surface area contributed by atoms with Gasteiger partial charge in [-0.05, 0) is 56.2 Å². The number of aryl methyl sites for hydroxylation is 1. The number of piperidine rings is 1. The quantitative estimate of drug-likeness (QED) is 0.0944. The molecular formula is C40H50F2N12O4.